The van der Waals surface area contributed by atoms with E-state index in [0.29, 0.717) is 10.9 Å². The van der Waals surface area contributed by atoms with Gasteiger partial charge < -0.3 is 9.84 Å². The van der Waals surface area contributed by atoms with Crippen LogP contribution in [-0.2, 0) is 0 Å². The molecule has 0 saturated heterocycles. The molecule has 0 aliphatic heterocycles. The highest BCUT2D eigenvalue weighted by Crippen LogP contribution is 2.30. The number of halogens is 1. The first kappa shape index (κ1) is 13.7. The molecule has 0 radical (unpaired) electrons. The van der Waals surface area contributed by atoms with Crippen LogP contribution in [-0.4, -0.2) is 11.7 Å². The minimum atomic E-state index is -0.491. The lowest BCUT2D eigenvalue weighted by Crippen LogP contribution is -2.15. The monoisotopic (exact) mass is 268 g/mol. The van der Waals surface area contributed by atoms with Gasteiger partial charge in [0.15, 0.2) is 0 Å². The van der Waals surface area contributed by atoms with Gasteiger partial charge in [-0.3, -0.25) is 0 Å². The Morgan fingerprint density at radius 3 is 2.67 bits per heavy atom. The number of hydrogen-bond acceptors (Lipinski definition) is 2. The number of rotatable bonds is 4. The van der Waals surface area contributed by atoms with Gasteiger partial charge in [-0.15, -0.1) is 0 Å². The quantitative estimate of drug-likeness (QED) is 0.880. The molecule has 0 amide bonds. The molecule has 1 saturated carbocycles. The summed E-state index contributed by atoms with van der Waals surface area (Å²) in [5, 5.41) is 10.1. The van der Waals surface area contributed by atoms with Crippen LogP contribution in [0.1, 0.15) is 50.7 Å². The van der Waals surface area contributed by atoms with E-state index in [1.807, 2.05) is 12.1 Å². The van der Waals surface area contributed by atoms with Crippen molar-refractivity contribution >= 4 is 11.6 Å². The Morgan fingerprint density at radius 1 is 1.33 bits per heavy atom. The summed E-state index contributed by atoms with van der Waals surface area (Å²) in [6.07, 6.45) is 6.05. The number of benzene rings is 1. The molecule has 0 spiro atoms. The smallest absolute Gasteiger partial charge is 0.137 e. The number of aliphatic hydroxyl groups is 1. The average Bonchev–Trinajstić information content (AvgIpc) is 2.38. The molecule has 1 aliphatic rings. The molecule has 0 aromatic heterocycles. The van der Waals surface area contributed by atoms with Crippen LogP contribution in [0.3, 0.4) is 0 Å². The topological polar surface area (TPSA) is 29.5 Å². The zero-order chi connectivity index (χ0) is 13.0. The van der Waals surface area contributed by atoms with E-state index in [1.54, 1.807) is 13.0 Å². The van der Waals surface area contributed by atoms with Crippen molar-refractivity contribution in [1.82, 2.24) is 0 Å². The van der Waals surface area contributed by atoms with Crippen molar-refractivity contribution in [3.8, 4) is 5.75 Å². The Morgan fingerprint density at radius 2 is 2.06 bits per heavy atom. The molecule has 2 nitrogen and oxygen atoms in total. The first-order chi connectivity index (χ1) is 8.66. The molecule has 1 aromatic carbocycles. The highest BCUT2D eigenvalue weighted by Gasteiger charge is 2.15. The third kappa shape index (κ3) is 3.63. The number of ether oxygens (including phenoxy) is 1. The SMILES string of the molecule is CC(O)c1ccc(OCC2CCCCC2)c(Cl)c1. The Balaban J connectivity index is 1.92. The van der Waals surface area contributed by atoms with Gasteiger partial charge in [-0.05, 0) is 43.4 Å². The van der Waals surface area contributed by atoms with Gasteiger partial charge in [-0.25, -0.2) is 0 Å². The third-order valence-electron chi connectivity index (χ3n) is 3.64. The summed E-state index contributed by atoms with van der Waals surface area (Å²) in [7, 11) is 0. The van der Waals surface area contributed by atoms with Crippen molar-refractivity contribution in [3.63, 3.8) is 0 Å². The predicted molar refractivity (Wildman–Crippen MR) is 74.2 cm³/mol. The van der Waals surface area contributed by atoms with E-state index in [-0.39, 0.29) is 0 Å². The second kappa shape index (κ2) is 6.44. The number of hydrogen-bond donors (Lipinski definition) is 1. The van der Waals surface area contributed by atoms with E-state index in [4.69, 9.17) is 16.3 Å². The van der Waals surface area contributed by atoms with Crippen molar-refractivity contribution in [2.75, 3.05) is 6.61 Å². The van der Waals surface area contributed by atoms with Crippen LogP contribution in [0.4, 0.5) is 0 Å². The number of aliphatic hydroxyl groups excluding tert-OH is 1. The van der Waals surface area contributed by atoms with Crippen LogP contribution in [0.2, 0.25) is 5.02 Å². The molecule has 2 rings (SSSR count). The van der Waals surface area contributed by atoms with Gasteiger partial charge in [0.25, 0.3) is 0 Å². The van der Waals surface area contributed by atoms with Crippen molar-refractivity contribution in [2.24, 2.45) is 5.92 Å². The van der Waals surface area contributed by atoms with Crippen molar-refractivity contribution in [2.45, 2.75) is 45.1 Å². The van der Waals surface area contributed by atoms with Crippen LogP contribution >= 0.6 is 11.6 Å². The largest absolute Gasteiger partial charge is 0.492 e. The first-order valence-corrected chi connectivity index (χ1v) is 7.15. The standard InChI is InChI=1S/C15H21ClO2/c1-11(17)13-7-8-15(14(16)9-13)18-10-12-5-3-2-4-6-12/h7-9,11-12,17H,2-6,10H2,1H3. The molecule has 1 unspecified atom stereocenters. The van der Waals surface area contributed by atoms with Crippen molar-refractivity contribution in [1.29, 1.82) is 0 Å². The minimum Gasteiger partial charge on any atom is -0.492 e. The summed E-state index contributed by atoms with van der Waals surface area (Å²) in [5.41, 5.74) is 0.824. The lowest BCUT2D eigenvalue weighted by Gasteiger charge is -2.22. The summed E-state index contributed by atoms with van der Waals surface area (Å²) >= 11 is 6.16. The molecule has 1 atom stereocenters. The van der Waals surface area contributed by atoms with Gasteiger partial charge >= 0.3 is 0 Å². The normalized spacial score (nSPS) is 18.6. The molecule has 1 N–H and O–H groups in total. The fourth-order valence-electron chi connectivity index (χ4n) is 2.46. The van der Waals surface area contributed by atoms with Gasteiger partial charge in [0.2, 0.25) is 0 Å². The Bertz CT molecular complexity index is 384. The Kier molecular flexibility index (Phi) is 4.90. The van der Waals surface area contributed by atoms with Gasteiger partial charge in [0.05, 0.1) is 17.7 Å². The van der Waals surface area contributed by atoms with E-state index in [0.717, 1.165) is 17.9 Å². The predicted octanol–water partition coefficient (Wildman–Crippen LogP) is 4.35. The van der Waals surface area contributed by atoms with Gasteiger partial charge in [-0.2, -0.15) is 0 Å². The molecule has 1 aliphatic carbocycles. The summed E-state index contributed by atoms with van der Waals surface area (Å²) in [4.78, 5) is 0. The van der Waals surface area contributed by atoms with Gasteiger partial charge in [-0.1, -0.05) is 36.9 Å². The molecular formula is C15H21ClO2. The molecular weight excluding hydrogens is 248 g/mol. The van der Waals surface area contributed by atoms with Crippen LogP contribution < -0.4 is 4.74 Å². The second-order valence-electron chi connectivity index (χ2n) is 5.18. The van der Waals surface area contributed by atoms with Gasteiger partial charge in [0, 0.05) is 0 Å². The third-order valence-corrected chi connectivity index (χ3v) is 3.93. The lowest BCUT2D eigenvalue weighted by molar-refractivity contribution is 0.198. The maximum Gasteiger partial charge on any atom is 0.137 e. The molecule has 3 heteroatoms. The molecule has 1 aromatic rings. The van der Waals surface area contributed by atoms with Crippen LogP contribution in [0.5, 0.6) is 5.75 Å². The zero-order valence-electron chi connectivity index (χ0n) is 10.9. The lowest BCUT2D eigenvalue weighted by atomic mass is 9.90. The first-order valence-electron chi connectivity index (χ1n) is 6.77. The Hall–Kier alpha value is -0.730. The van der Waals surface area contributed by atoms with Crippen molar-refractivity contribution in [3.05, 3.63) is 28.8 Å². The summed E-state index contributed by atoms with van der Waals surface area (Å²) < 4.78 is 5.80. The molecule has 0 heterocycles. The van der Waals surface area contributed by atoms with E-state index < -0.39 is 6.10 Å². The average molecular weight is 269 g/mol. The highest BCUT2D eigenvalue weighted by atomic mass is 35.5. The fraction of sp³-hybridized carbons (Fsp3) is 0.600. The summed E-state index contributed by atoms with van der Waals surface area (Å²) in [5.74, 6) is 1.40. The molecule has 18 heavy (non-hydrogen) atoms. The minimum absolute atomic E-state index is 0.491. The van der Waals surface area contributed by atoms with E-state index in [9.17, 15) is 5.11 Å². The van der Waals surface area contributed by atoms with Gasteiger partial charge in [0.1, 0.15) is 5.75 Å². The van der Waals surface area contributed by atoms with Crippen LogP contribution in [0, 0.1) is 5.92 Å². The van der Waals surface area contributed by atoms with Crippen LogP contribution in [0.15, 0.2) is 18.2 Å². The summed E-state index contributed by atoms with van der Waals surface area (Å²) in [6, 6.07) is 5.50. The Labute approximate surface area is 114 Å². The summed E-state index contributed by atoms with van der Waals surface area (Å²) in [6.45, 7) is 2.49. The molecule has 100 valence electrons. The molecule has 1 fully saturated rings. The fourth-order valence-corrected chi connectivity index (χ4v) is 2.70. The van der Waals surface area contributed by atoms with Crippen LogP contribution in [0.25, 0.3) is 0 Å². The van der Waals surface area contributed by atoms with E-state index >= 15 is 0 Å². The zero-order valence-corrected chi connectivity index (χ0v) is 11.6. The maximum absolute atomic E-state index is 9.47. The molecule has 0 bridgehead atoms. The van der Waals surface area contributed by atoms with E-state index in [1.165, 1.54) is 32.1 Å². The van der Waals surface area contributed by atoms with E-state index in [2.05, 4.69) is 0 Å². The highest BCUT2D eigenvalue weighted by molar-refractivity contribution is 6.32. The van der Waals surface area contributed by atoms with Crippen molar-refractivity contribution < 1.29 is 9.84 Å². The maximum atomic E-state index is 9.47. The second-order valence-corrected chi connectivity index (χ2v) is 5.59.